The van der Waals surface area contributed by atoms with Crippen molar-refractivity contribution < 1.29 is 18.4 Å². The first-order valence-electron chi connectivity index (χ1n) is 7.97. The molecule has 23 heavy (non-hydrogen) atoms. The summed E-state index contributed by atoms with van der Waals surface area (Å²) >= 11 is 0. The van der Waals surface area contributed by atoms with Crippen molar-refractivity contribution in [2.24, 2.45) is 11.7 Å². The van der Waals surface area contributed by atoms with Crippen LogP contribution in [0.25, 0.3) is 0 Å². The predicted octanol–water partition coefficient (Wildman–Crippen LogP) is 2.52. The molecule has 2 rings (SSSR count). The van der Waals surface area contributed by atoms with Gasteiger partial charge in [0.15, 0.2) is 17.4 Å². The van der Waals surface area contributed by atoms with Gasteiger partial charge in [-0.3, -0.25) is 9.59 Å². The lowest BCUT2D eigenvalue weighted by molar-refractivity contribution is -0.133. The van der Waals surface area contributed by atoms with Crippen molar-refractivity contribution >= 4 is 11.7 Å². The number of nitrogens with two attached hydrogens (primary N) is 1. The summed E-state index contributed by atoms with van der Waals surface area (Å²) in [4.78, 5) is 26.0. The highest BCUT2D eigenvalue weighted by Gasteiger charge is 2.23. The summed E-state index contributed by atoms with van der Waals surface area (Å²) in [5.41, 5.74) is 5.65. The third-order valence-corrected chi connectivity index (χ3v) is 4.25. The van der Waals surface area contributed by atoms with Gasteiger partial charge in [0.1, 0.15) is 0 Å². The number of rotatable bonds is 6. The van der Waals surface area contributed by atoms with Crippen molar-refractivity contribution in [1.82, 2.24) is 4.90 Å². The maximum absolute atomic E-state index is 13.1. The van der Waals surface area contributed by atoms with E-state index in [-0.39, 0.29) is 30.1 Å². The summed E-state index contributed by atoms with van der Waals surface area (Å²) in [5.74, 6) is -2.03. The fourth-order valence-corrected chi connectivity index (χ4v) is 2.96. The minimum Gasteiger partial charge on any atom is -0.342 e. The SMILES string of the molecule is NCCC1CCCN(C(=O)CCC(=O)c2ccc(F)c(F)c2)C1. The summed E-state index contributed by atoms with van der Waals surface area (Å²) in [7, 11) is 0. The molecule has 4 nitrogen and oxygen atoms in total. The van der Waals surface area contributed by atoms with Gasteiger partial charge in [0.25, 0.3) is 0 Å². The van der Waals surface area contributed by atoms with Crippen molar-refractivity contribution in [2.45, 2.75) is 32.1 Å². The molecule has 1 amide bonds. The van der Waals surface area contributed by atoms with Gasteiger partial charge < -0.3 is 10.6 Å². The Hall–Kier alpha value is -1.82. The lowest BCUT2D eigenvalue weighted by Crippen LogP contribution is -2.40. The average molecular weight is 324 g/mol. The number of hydrogen-bond acceptors (Lipinski definition) is 3. The molecule has 1 aromatic rings. The Balaban J connectivity index is 1.85. The molecule has 6 heteroatoms. The Morgan fingerprint density at radius 2 is 2.00 bits per heavy atom. The molecule has 1 unspecified atom stereocenters. The predicted molar refractivity (Wildman–Crippen MR) is 82.9 cm³/mol. The monoisotopic (exact) mass is 324 g/mol. The van der Waals surface area contributed by atoms with E-state index in [0.29, 0.717) is 25.6 Å². The average Bonchev–Trinajstić information content (AvgIpc) is 2.55. The molecular weight excluding hydrogens is 302 g/mol. The Kier molecular flexibility index (Phi) is 6.21. The van der Waals surface area contributed by atoms with E-state index < -0.39 is 11.6 Å². The third-order valence-electron chi connectivity index (χ3n) is 4.25. The Labute approximate surface area is 134 Å². The van der Waals surface area contributed by atoms with Crippen LogP contribution < -0.4 is 5.73 Å². The van der Waals surface area contributed by atoms with Gasteiger partial charge in [-0.05, 0) is 49.9 Å². The van der Waals surface area contributed by atoms with E-state index in [4.69, 9.17) is 5.73 Å². The van der Waals surface area contributed by atoms with Crippen LogP contribution in [-0.2, 0) is 4.79 Å². The lowest BCUT2D eigenvalue weighted by Gasteiger charge is -2.32. The minimum atomic E-state index is -1.05. The molecule has 0 spiro atoms. The van der Waals surface area contributed by atoms with Crippen LogP contribution in [0.2, 0.25) is 0 Å². The maximum Gasteiger partial charge on any atom is 0.223 e. The zero-order chi connectivity index (χ0) is 16.8. The molecular formula is C17H22F2N2O2. The second-order valence-electron chi connectivity index (χ2n) is 5.98. The second-order valence-corrected chi connectivity index (χ2v) is 5.98. The molecule has 1 aliphatic rings. The quantitative estimate of drug-likeness (QED) is 0.818. The van der Waals surface area contributed by atoms with E-state index in [0.717, 1.165) is 31.4 Å². The molecule has 0 aromatic heterocycles. The largest absolute Gasteiger partial charge is 0.342 e. The zero-order valence-corrected chi connectivity index (χ0v) is 13.1. The van der Waals surface area contributed by atoms with Crippen LogP contribution in [0.4, 0.5) is 8.78 Å². The number of ketones is 1. The number of likely N-dealkylation sites (tertiary alicyclic amines) is 1. The second kappa shape index (κ2) is 8.15. The molecule has 126 valence electrons. The third kappa shape index (κ3) is 4.82. The van der Waals surface area contributed by atoms with Gasteiger partial charge in [0.05, 0.1) is 0 Å². The lowest BCUT2D eigenvalue weighted by atomic mass is 9.94. The number of carbonyl (C=O) groups is 2. The Morgan fingerprint density at radius 1 is 1.22 bits per heavy atom. The maximum atomic E-state index is 13.1. The molecule has 0 saturated carbocycles. The van der Waals surface area contributed by atoms with Gasteiger partial charge in [-0.15, -0.1) is 0 Å². The van der Waals surface area contributed by atoms with Crippen LogP contribution in [0, 0.1) is 17.6 Å². The van der Waals surface area contributed by atoms with Gasteiger partial charge in [-0.2, -0.15) is 0 Å². The minimum absolute atomic E-state index is 0.00195. The highest BCUT2D eigenvalue weighted by molar-refractivity contribution is 5.97. The van der Waals surface area contributed by atoms with Gasteiger partial charge >= 0.3 is 0 Å². The van der Waals surface area contributed by atoms with Gasteiger partial charge in [-0.1, -0.05) is 0 Å². The summed E-state index contributed by atoms with van der Waals surface area (Å²) in [6.45, 7) is 2.01. The van der Waals surface area contributed by atoms with E-state index in [9.17, 15) is 18.4 Å². The van der Waals surface area contributed by atoms with E-state index in [1.807, 2.05) is 0 Å². The van der Waals surface area contributed by atoms with Crippen LogP contribution in [0.1, 0.15) is 42.5 Å². The van der Waals surface area contributed by atoms with E-state index in [1.165, 1.54) is 6.07 Å². The van der Waals surface area contributed by atoms with Crippen LogP contribution in [0.5, 0.6) is 0 Å². The van der Waals surface area contributed by atoms with Crippen LogP contribution >= 0.6 is 0 Å². The number of Topliss-reactive ketones (excluding diaryl/α,β-unsaturated/α-hetero) is 1. The van der Waals surface area contributed by atoms with E-state index in [2.05, 4.69) is 0 Å². The van der Waals surface area contributed by atoms with Crippen molar-refractivity contribution in [1.29, 1.82) is 0 Å². The first-order chi connectivity index (χ1) is 11.0. The van der Waals surface area contributed by atoms with Gasteiger partial charge in [0.2, 0.25) is 5.91 Å². The van der Waals surface area contributed by atoms with Crippen molar-refractivity contribution in [3.63, 3.8) is 0 Å². The molecule has 0 bridgehead atoms. The Morgan fingerprint density at radius 3 is 2.70 bits per heavy atom. The number of nitrogens with zero attached hydrogens (tertiary/aromatic N) is 1. The number of piperidine rings is 1. The molecule has 2 N–H and O–H groups in total. The number of benzene rings is 1. The van der Waals surface area contributed by atoms with Crippen LogP contribution in [0.3, 0.4) is 0 Å². The number of hydrogen-bond donors (Lipinski definition) is 1. The van der Waals surface area contributed by atoms with E-state index in [1.54, 1.807) is 4.90 Å². The highest BCUT2D eigenvalue weighted by Crippen LogP contribution is 2.20. The molecule has 1 aromatic carbocycles. The first kappa shape index (κ1) is 17.5. The number of halogens is 2. The standard InChI is InChI=1S/C17H22F2N2O2/c18-14-4-3-13(10-15(14)19)16(22)5-6-17(23)21-9-1-2-12(11-21)7-8-20/h3-4,10,12H,1-2,5-9,11,20H2. The molecule has 0 radical (unpaired) electrons. The van der Waals surface area contributed by atoms with Crippen molar-refractivity contribution in [3.8, 4) is 0 Å². The van der Waals surface area contributed by atoms with Crippen LogP contribution in [-0.4, -0.2) is 36.2 Å². The normalized spacial score (nSPS) is 18.0. The smallest absolute Gasteiger partial charge is 0.223 e. The molecule has 1 heterocycles. The Bertz CT molecular complexity index is 576. The fraction of sp³-hybridized carbons (Fsp3) is 0.529. The molecule has 1 atom stereocenters. The first-order valence-corrected chi connectivity index (χ1v) is 7.97. The molecule has 1 saturated heterocycles. The van der Waals surface area contributed by atoms with Gasteiger partial charge in [0, 0.05) is 31.5 Å². The summed E-state index contributed by atoms with van der Waals surface area (Å²) in [6, 6.07) is 3.04. The number of carbonyl (C=O) groups excluding carboxylic acids is 2. The van der Waals surface area contributed by atoms with Crippen molar-refractivity contribution in [3.05, 3.63) is 35.4 Å². The zero-order valence-electron chi connectivity index (χ0n) is 13.1. The van der Waals surface area contributed by atoms with Crippen LogP contribution in [0.15, 0.2) is 18.2 Å². The molecule has 1 aliphatic heterocycles. The topological polar surface area (TPSA) is 63.4 Å². The highest BCUT2D eigenvalue weighted by atomic mass is 19.2. The van der Waals surface area contributed by atoms with Gasteiger partial charge in [-0.25, -0.2) is 8.78 Å². The summed E-state index contributed by atoms with van der Waals surface area (Å²) < 4.78 is 26.0. The molecule has 0 aliphatic carbocycles. The molecule has 1 fully saturated rings. The van der Waals surface area contributed by atoms with Crippen molar-refractivity contribution in [2.75, 3.05) is 19.6 Å². The fourth-order valence-electron chi connectivity index (χ4n) is 2.96. The number of amides is 1. The summed E-state index contributed by atoms with van der Waals surface area (Å²) in [6.07, 6.45) is 3.02. The summed E-state index contributed by atoms with van der Waals surface area (Å²) in [5, 5.41) is 0. The van der Waals surface area contributed by atoms with E-state index >= 15 is 0 Å².